The summed E-state index contributed by atoms with van der Waals surface area (Å²) in [6.07, 6.45) is -3.31. The molecule has 0 aromatic carbocycles. The molecule has 2 saturated heterocycles. The van der Waals surface area contributed by atoms with Crippen LogP contribution in [0, 0.1) is 0 Å². The van der Waals surface area contributed by atoms with Crippen LogP contribution in [-0.4, -0.2) is 83.2 Å². The summed E-state index contributed by atoms with van der Waals surface area (Å²) < 4.78 is 16.0. The Morgan fingerprint density at radius 1 is 1.14 bits per heavy atom. The molecule has 21 heavy (non-hydrogen) atoms. The first kappa shape index (κ1) is 17.0. The molecule has 2 heterocycles. The molecule has 0 spiro atoms. The van der Waals surface area contributed by atoms with Gasteiger partial charge in [-0.15, -0.1) is 0 Å². The average Bonchev–Trinajstić information content (AvgIpc) is 2.89. The van der Waals surface area contributed by atoms with E-state index in [2.05, 4.69) is 5.32 Å². The number of aliphatic hydroxyl groups is 4. The van der Waals surface area contributed by atoms with Crippen molar-refractivity contribution in [2.75, 3.05) is 26.4 Å². The van der Waals surface area contributed by atoms with E-state index >= 15 is 0 Å². The van der Waals surface area contributed by atoms with E-state index in [0.717, 1.165) is 0 Å². The molecule has 0 amide bonds. The van der Waals surface area contributed by atoms with Crippen molar-refractivity contribution in [2.45, 2.75) is 56.2 Å². The highest BCUT2D eigenvalue weighted by atomic mass is 16.7. The lowest BCUT2D eigenvalue weighted by Crippen LogP contribution is -2.63. The van der Waals surface area contributed by atoms with Crippen molar-refractivity contribution >= 4 is 0 Å². The summed E-state index contributed by atoms with van der Waals surface area (Å²) in [7, 11) is 0. The van der Waals surface area contributed by atoms with Crippen molar-refractivity contribution in [3.63, 3.8) is 0 Å². The quantitative estimate of drug-likeness (QED) is 0.355. The maximum Gasteiger partial charge on any atom is 0.173 e. The van der Waals surface area contributed by atoms with Crippen molar-refractivity contribution in [1.82, 2.24) is 5.32 Å². The third-order valence-corrected chi connectivity index (χ3v) is 3.99. The lowest BCUT2D eigenvalue weighted by molar-refractivity contribution is -0.254. The van der Waals surface area contributed by atoms with Gasteiger partial charge in [-0.2, -0.15) is 0 Å². The van der Waals surface area contributed by atoms with Crippen LogP contribution in [-0.2, 0) is 14.2 Å². The molecule has 0 aliphatic carbocycles. The van der Waals surface area contributed by atoms with Gasteiger partial charge in [0.25, 0.3) is 0 Å². The lowest BCUT2D eigenvalue weighted by Gasteiger charge is -2.40. The third-order valence-electron chi connectivity index (χ3n) is 3.99. The van der Waals surface area contributed by atoms with Crippen LogP contribution in [0.2, 0.25) is 0 Å². The van der Waals surface area contributed by atoms with Crippen LogP contribution in [0.1, 0.15) is 19.8 Å². The fourth-order valence-corrected chi connectivity index (χ4v) is 2.70. The van der Waals surface area contributed by atoms with Crippen LogP contribution in [0.4, 0.5) is 0 Å². The fourth-order valence-electron chi connectivity index (χ4n) is 2.70. The molecule has 0 aromatic heterocycles. The van der Waals surface area contributed by atoms with E-state index in [9.17, 15) is 15.3 Å². The second kappa shape index (κ2) is 7.30. The molecule has 2 rings (SSSR count). The third kappa shape index (κ3) is 4.11. The molecular weight excluding hydrogens is 282 g/mol. The van der Waals surface area contributed by atoms with Gasteiger partial charge in [0.2, 0.25) is 0 Å². The van der Waals surface area contributed by atoms with Crippen molar-refractivity contribution in [3.8, 4) is 0 Å². The first-order valence-corrected chi connectivity index (χ1v) is 7.29. The molecule has 2 fully saturated rings. The van der Waals surface area contributed by atoms with Gasteiger partial charge >= 0.3 is 0 Å². The van der Waals surface area contributed by atoms with Crippen LogP contribution in [0.5, 0.6) is 0 Å². The number of nitrogens with one attached hydrogen (secondary N) is 1. The number of hydrogen-bond donors (Lipinski definition) is 5. The van der Waals surface area contributed by atoms with Gasteiger partial charge in [-0.3, -0.25) is 0 Å². The van der Waals surface area contributed by atoms with Crippen LogP contribution in [0.3, 0.4) is 0 Å². The van der Waals surface area contributed by atoms with E-state index in [-0.39, 0.29) is 0 Å². The molecule has 0 bridgehead atoms. The summed E-state index contributed by atoms with van der Waals surface area (Å²) >= 11 is 0. The average molecular weight is 307 g/mol. The van der Waals surface area contributed by atoms with Gasteiger partial charge in [-0.05, 0) is 19.9 Å². The van der Waals surface area contributed by atoms with Gasteiger partial charge in [0.05, 0.1) is 25.9 Å². The predicted octanol–water partition coefficient (Wildman–Crippen LogP) is -2.08. The summed E-state index contributed by atoms with van der Waals surface area (Å²) in [6.45, 7) is 3.10. The number of ether oxygens (including phenoxy) is 3. The Kier molecular flexibility index (Phi) is 5.92. The maximum atomic E-state index is 9.96. The normalized spacial score (nSPS) is 39.6. The smallest absolute Gasteiger partial charge is 0.173 e. The Morgan fingerprint density at radius 2 is 1.81 bits per heavy atom. The first-order valence-electron chi connectivity index (χ1n) is 7.29. The van der Waals surface area contributed by atoms with Gasteiger partial charge in [0.15, 0.2) is 12.1 Å². The minimum Gasteiger partial charge on any atom is -0.394 e. The Balaban J connectivity index is 1.74. The maximum absolute atomic E-state index is 9.96. The summed E-state index contributed by atoms with van der Waals surface area (Å²) in [5.74, 6) is -0.566. The Labute approximate surface area is 123 Å². The minimum absolute atomic E-state index is 0.463. The first-order chi connectivity index (χ1) is 9.97. The Morgan fingerprint density at radius 3 is 2.43 bits per heavy atom. The monoisotopic (exact) mass is 307 g/mol. The molecule has 8 heteroatoms. The SMILES string of the molecule is CC1(CCCN[C@@H]2C(O)O[C@H](CO)[C@@H](O)[C@@H]2O)OCCO1. The summed E-state index contributed by atoms with van der Waals surface area (Å²) in [5.41, 5.74) is 0. The zero-order valence-electron chi connectivity index (χ0n) is 12.1. The molecule has 2 aliphatic heterocycles. The Bertz CT molecular complexity index is 324. The van der Waals surface area contributed by atoms with E-state index in [1.54, 1.807) is 0 Å². The molecular formula is C13H25NO7. The Hall–Kier alpha value is -0.320. The zero-order chi connectivity index (χ0) is 15.5. The number of rotatable bonds is 6. The molecule has 0 saturated carbocycles. The van der Waals surface area contributed by atoms with Gasteiger partial charge in [-0.25, -0.2) is 0 Å². The second-order valence-electron chi connectivity index (χ2n) is 5.64. The van der Waals surface area contributed by atoms with Crippen molar-refractivity contribution in [1.29, 1.82) is 0 Å². The van der Waals surface area contributed by atoms with Gasteiger partial charge < -0.3 is 40.0 Å². The molecule has 8 nitrogen and oxygen atoms in total. The van der Waals surface area contributed by atoms with E-state index in [1.165, 1.54) is 0 Å². The lowest BCUT2D eigenvalue weighted by atomic mass is 9.97. The van der Waals surface area contributed by atoms with Crippen molar-refractivity contribution in [2.24, 2.45) is 0 Å². The summed E-state index contributed by atoms with van der Waals surface area (Å²) in [4.78, 5) is 0. The van der Waals surface area contributed by atoms with Crippen LogP contribution in [0.15, 0.2) is 0 Å². The van der Waals surface area contributed by atoms with E-state index < -0.39 is 43.0 Å². The van der Waals surface area contributed by atoms with Gasteiger partial charge in [0.1, 0.15) is 18.3 Å². The highest BCUT2D eigenvalue weighted by Gasteiger charge is 2.43. The van der Waals surface area contributed by atoms with E-state index in [4.69, 9.17) is 19.3 Å². The fraction of sp³-hybridized carbons (Fsp3) is 1.00. The van der Waals surface area contributed by atoms with Crippen molar-refractivity contribution < 1.29 is 34.6 Å². The number of hydrogen-bond acceptors (Lipinski definition) is 8. The van der Waals surface area contributed by atoms with Crippen LogP contribution < -0.4 is 5.32 Å². The van der Waals surface area contributed by atoms with Gasteiger partial charge in [0, 0.05) is 6.42 Å². The van der Waals surface area contributed by atoms with E-state index in [1.807, 2.05) is 6.92 Å². The largest absolute Gasteiger partial charge is 0.394 e. The molecule has 0 aromatic rings. The minimum atomic E-state index is -1.28. The second-order valence-corrected chi connectivity index (χ2v) is 5.64. The van der Waals surface area contributed by atoms with Crippen LogP contribution >= 0.6 is 0 Å². The molecule has 5 atom stereocenters. The highest BCUT2D eigenvalue weighted by molar-refractivity contribution is 4.92. The standard InChI is InChI=1S/C13H25NO7/c1-13(19-5-6-20-13)3-2-4-14-9-11(17)10(16)8(7-15)21-12(9)18/h8-12,14-18H,2-7H2,1H3/t8-,9+,10-,11-,12?/m1/s1. The topological polar surface area (TPSA) is 121 Å². The van der Waals surface area contributed by atoms with Gasteiger partial charge in [-0.1, -0.05) is 0 Å². The summed E-state index contributed by atoms with van der Waals surface area (Å²) in [6, 6.07) is -0.805. The van der Waals surface area contributed by atoms with Crippen molar-refractivity contribution in [3.05, 3.63) is 0 Å². The van der Waals surface area contributed by atoms with E-state index in [0.29, 0.717) is 32.6 Å². The number of aliphatic hydroxyl groups excluding tert-OH is 4. The highest BCUT2D eigenvalue weighted by Crippen LogP contribution is 2.24. The zero-order valence-corrected chi connectivity index (χ0v) is 12.1. The molecule has 124 valence electrons. The molecule has 1 unspecified atom stereocenters. The van der Waals surface area contributed by atoms with Crippen LogP contribution in [0.25, 0.3) is 0 Å². The molecule has 0 radical (unpaired) electrons. The summed E-state index contributed by atoms with van der Waals surface area (Å²) in [5, 5.41) is 41.5. The predicted molar refractivity (Wildman–Crippen MR) is 71.3 cm³/mol. The molecule has 5 N–H and O–H groups in total. The molecule has 2 aliphatic rings.